The highest BCUT2D eigenvalue weighted by Crippen LogP contribution is 2.41. The van der Waals surface area contributed by atoms with Crippen LogP contribution in [0.3, 0.4) is 0 Å². The molecular weight excluding hydrogens is 651 g/mol. The number of nitrogens with zero attached hydrogens (tertiary/aromatic N) is 5. The summed E-state index contributed by atoms with van der Waals surface area (Å²) in [6.45, 7) is 27.1. The number of phenols is 1. The minimum absolute atomic E-state index is 0.203. The molecule has 6 aromatic rings. The summed E-state index contributed by atoms with van der Waals surface area (Å²) >= 11 is 0. The Hall–Kier alpha value is -4.97. The van der Waals surface area contributed by atoms with Crippen molar-refractivity contribution in [2.75, 3.05) is 0 Å². The zero-order valence-electron chi connectivity index (χ0n) is 33.7. The van der Waals surface area contributed by atoms with Gasteiger partial charge in [0.25, 0.3) is 0 Å². The van der Waals surface area contributed by atoms with Gasteiger partial charge in [0, 0.05) is 17.3 Å². The summed E-state index contributed by atoms with van der Waals surface area (Å²) in [5.41, 5.74) is 13.5. The van der Waals surface area contributed by atoms with E-state index in [9.17, 15) is 5.11 Å². The van der Waals surface area contributed by atoms with E-state index in [0.29, 0.717) is 35.1 Å². The molecule has 1 N–H and O–H groups in total. The number of para-hydroxylation sites is 1. The van der Waals surface area contributed by atoms with Crippen LogP contribution in [0.1, 0.15) is 152 Å². The van der Waals surface area contributed by atoms with E-state index < -0.39 is 0 Å². The number of aromatic nitrogens is 5. The summed E-state index contributed by atoms with van der Waals surface area (Å²) in [5.74, 6) is 3.71. The Kier molecular flexibility index (Phi) is 10.8. The molecule has 6 nitrogen and oxygen atoms in total. The molecule has 0 radical (unpaired) electrons. The lowest BCUT2D eigenvalue weighted by Crippen LogP contribution is -2.11. The number of benzene rings is 4. The van der Waals surface area contributed by atoms with Crippen molar-refractivity contribution in [2.45, 2.75) is 119 Å². The zero-order chi connectivity index (χ0) is 38.3. The van der Waals surface area contributed by atoms with Crippen LogP contribution < -0.4 is 0 Å². The molecule has 53 heavy (non-hydrogen) atoms. The first kappa shape index (κ1) is 37.8. The first-order chi connectivity index (χ1) is 25.2. The average Bonchev–Trinajstić information content (AvgIpc) is 3.79. The molecule has 2 heterocycles. The van der Waals surface area contributed by atoms with Gasteiger partial charge in [-0.2, -0.15) is 5.10 Å². The third kappa shape index (κ3) is 7.33. The highest BCUT2D eigenvalue weighted by Gasteiger charge is 2.25. The Morgan fingerprint density at radius 2 is 1.04 bits per heavy atom. The molecule has 0 aliphatic heterocycles. The van der Waals surface area contributed by atoms with E-state index in [1.807, 2.05) is 22.9 Å². The Balaban J connectivity index is 1.57. The van der Waals surface area contributed by atoms with E-state index in [4.69, 9.17) is 15.1 Å². The van der Waals surface area contributed by atoms with Crippen molar-refractivity contribution < 1.29 is 5.11 Å². The molecule has 2 aromatic heterocycles. The van der Waals surface area contributed by atoms with Crippen LogP contribution in [0.2, 0.25) is 0 Å². The second-order valence-electron chi connectivity index (χ2n) is 16.4. The monoisotopic (exact) mass is 707 g/mol. The molecule has 0 aliphatic carbocycles. The van der Waals surface area contributed by atoms with E-state index in [2.05, 4.69) is 142 Å². The van der Waals surface area contributed by atoms with Crippen molar-refractivity contribution in [2.24, 2.45) is 0 Å². The molecule has 0 unspecified atom stereocenters. The number of hydrogen-bond donors (Lipinski definition) is 1. The van der Waals surface area contributed by atoms with Gasteiger partial charge in [0.15, 0.2) is 5.82 Å². The zero-order valence-corrected chi connectivity index (χ0v) is 33.7. The van der Waals surface area contributed by atoms with Crippen molar-refractivity contribution in [3.05, 3.63) is 119 Å². The van der Waals surface area contributed by atoms with Gasteiger partial charge in [0.2, 0.25) is 0 Å². The quantitative estimate of drug-likeness (QED) is 0.146. The van der Waals surface area contributed by atoms with Gasteiger partial charge in [-0.3, -0.25) is 4.57 Å². The average molecular weight is 708 g/mol. The first-order valence-corrected chi connectivity index (χ1v) is 19.4. The topological polar surface area (TPSA) is 68.8 Å². The second kappa shape index (κ2) is 15.2. The number of rotatable bonds is 11. The van der Waals surface area contributed by atoms with Gasteiger partial charge in [-0.1, -0.05) is 138 Å². The molecule has 0 atom stereocenters. The van der Waals surface area contributed by atoms with Gasteiger partial charge in [-0.15, -0.1) is 0 Å². The third-order valence-electron chi connectivity index (χ3n) is 10.5. The predicted molar refractivity (Wildman–Crippen MR) is 221 cm³/mol. The molecule has 0 amide bonds. The van der Waals surface area contributed by atoms with Gasteiger partial charge in [0.05, 0.1) is 22.6 Å². The van der Waals surface area contributed by atoms with Gasteiger partial charge < -0.3 is 5.11 Å². The molecule has 276 valence electrons. The fraction of sp³-hybridized carbons (Fsp3) is 0.383. The molecule has 0 spiro atoms. The first-order valence-electron chi connectivity index (χ1n) is 19.4. The highest BCUT2D eigenvalue weighted by molar-refractivity contribution is 5.75. The molecule has 0 saturated carbocycles. The van der Waals surface area contributed by atoms with Crippen molar-refractivity contribution in [1.29, 1.82) is 0 Å². The fourth-order valence-electron chi connectivity index (χ4n) is 7.32. The van der Waals surface area contributed by atoms with Crippen LogP contribution in [-0.4, -0.2) is 29.4 Å². The molecule has 0 bridgehead atoms. The van der Waals surface area contributed by atoms with E-state index >= 15 is 0 Å². The number of phenolic OH excluding ortho intramolecular Hbond substituents is 1. The minimum atomic E-state index is 0.203. The molecule has 6 heteroatoms. The molecule has 6 rings (SSSR count). The van der Waals surface area contributed by atoms with E-state index in [1.54, 1.807) is 12.4 Å². The van der Waals surface area contributed by atoms with Gasteiger partial charge in [0.1, 0.15) is 17.9 Å². The Bertz CT molecular complexity index is 2170. The molecule has 0 saturated heterocycles. The molecular formula is C47H57N5O. The minimum Gasteiger partial charge on any atom is -0.507 e. The van der Waals surface area contributed by atoms with Crippen molar-refractivity contribution in [3.63, 3.8) is 0 Å². The van der Waals surface area contributed by atoms with Crippen LogP contribution >= 0.6 is 0 Å². The van der Waals surface area contributed by atoms with Crippen LogP contribution in [-0.2, 0) is 0 Å². The molecule has 4 aromatic carbocycles. The number of aromatic hydroxyl groups is 1. The normalized spacial score (nSPS) is 12.1. The number of imidazole rings is 1. The predicted octanol–water partition coefficient (Wildman–Crippen LogP) is 12.9. The van der Waals surface area contributed by atoms with Crippen LogP contribution in [0.15, 0.2) is 85.3 Å². The molecule has 0 fully saturated rings. The largest absolute Gasteiger partial charge is 0.507 e. The van der Waals surface area contributed by atoms with Gasteiger partial charge >= 0.3 is 0 Å². The van der Waals surface area contributed by atoms with Crippen LogP contribution in [0, 0.1) is 0 Å². The van der Waals surface area contributed by atoms with E-state index in [1.165, 1.54) is 33.4 Å². The van der Waals surface area contributed by atoms with Crippen molar-refractivity contribution in [1.82, 2.24) is 24.3 Å². The summed E-state index contributed by atoms with van der Waals surface area (Å²) in [4.78, 5) is 10.2. The highest BCUT2D eigenvalue weighted by atomic mass is 16.3. The summed E-state index contributed by atoms with van der Waals surface area (Å²) in [6.07, 6.45) is 3.81. The van der Waals surface area contributed by atoms with Gasteiger partial charge in [-0.25, -0.2) is 14.6 Å². The summed E-state index contributed by atoms with van der Waals surface area (Å²) < 4.78 is 4.26. The number of hydrogen-bond acceptors (Lipinski definition) is 4. The maximum atomic E-state index is 11.2. The maximum absolute atomic E-state index is 11.2. The SMILES string of the molecule is CC(C)c1cc(C(C)C)c(-n2cc(-c3cccc(-c4ncnn4-c4c(C(C)C)cc(C(C)C)cc4C(C)C)c3)nc2-c2ccccc2O)c(C(C)C)c1. The Morgan fingerprint density at radius 3 is 1.55 bits per heavy atom. The lowest BCUT2D eigenvalue weighted by molar-refractivity contribution is 0.477. The maximum Gasteiger partial charge on any atom is 0.163 e. The molecule has 0 aliphatic rings. The smallest absolute Gasteiger partial charge is 0.163 e. The summed E-state index contributed by atoms with van der Waals surface area (Å²) in [5, 5.41) is 16.1. The van der Waals surface area contributed by atoms with Crippen LogP contribution in [0.25, 0.3) is 45.4 Å². The fourth-order valence-corrected chi connectivity index (χ4v) is 7.32. The summed E-state index contributed by atoms with van der Waals surface area (Å²) in [6, 6.07) is 25.4. The van der Waals surface area contributed by atoms with E-state index in [-0.39, 0.29) is 17.6 Å². The second-order valence-corrected chi connectivity index (χ2v) is 16.4. The Morgan fingerprint density at radius 1 is 0.528 bits per heavy atom. The standard InChI is InChI=1S/C47H57N5O/c1-27(2)35-21-38(29(5)6)44(39(22-35)30(7)8)51-25-42(50-47(51)37-18-13-14-19-43(37)53)33-16-15-17-34(20-33)46-48-26-49-52(46)45-40(31(9)10)23-36(28(3)4)24-41(45)32(11)12/h13-32,53H,1-12H3. The van der Waals surface area contributed by atoms with Crippen LogP contribution in [0.4, 0.5) is 0 Å². The summed E-state index contributed by atoms with van der Waals surface area (Å²) in [7, 11) is 0. The lowest BCUT2D eigenvalue weighted by Gasteiger charge is -2.24. The van der Waals surface area contributed by atoms with Crippen LogP contribution in [0.5, 0.6) is 5.75 Å². The lowest BCUT2D eigenvalue weighted by atomic mass is 9.87. The van der Waals surface area contributed by atoms with Crippen molar-refractivity contribution >= 4 is 0 Å². The Labute approximate surface area is 317 Å². The van der Waals surface area contributed by atoms with E-state index in [0.717, 1.165) is 34.0 Å². The van der Waals surface area contributed by atoms with Gasteiger partial charge in [-0.05, 0) is 87.1 Å². The van der Waals surface area contributed by atoms with Crippen molar-refractivity contribution in [3.8, 4) is 51.2 Å². The third-order valence-corrected chi connectivity index (χ3v) is 10.5.